The van der Waals surface area contributed by atoms with Crippen molar-refractivity contribution in [3.63, 3.8) is 0 Å². The predicted molar refractivity (Wildman–Crippen MR) is 95.0 cm³/mol. The van der Waals surface area contributed by atoms with Gasteiger partial charge in [0.2, 0.25) is 5.88 Å². The van der Waals surface area contributed by atoms with Crippen molar-refractivity contribution in [2.24, 2.45) is 0 Å². The molecule has 124 valence electrons. The fraction of sp³-hybridized carbons (Fsp3) is 0.353. The first-order chi connectivity index (χ1) is 11.8. The zero-order valence-corrected chi connectivity index (χ0v) is 14.3. The molecule has 0 atom stereocenters. The number of fused-ring (bicyclic) bond motifs is 1. The van der Waals surface area contributed by atoms with Gasteiger partial charge in [-0.15, -0.1) is 11.8 Å². The third-order valence-electron chi connectivity index (χ3n) is 4.21. The van der Waals surface area contributed by atoms with Gasteiger partial charge in [0.25, 0.3) is 0 Å². The second-order valence-corrected chi connectivity index (χ2v) is 6.62. The summed E-state index contributed by atoms with van der Waals surface area (Å²) in [5.41, 5.74) is 1.75. The summed E-state index contributed by atoms with van der Waals surface area (Å²) in [5.74, 6) is 0.624. The number of rotatable bonds is 4. The Hall–Kier alpha value is -2.12. The lowest BCUT2D eigenvalue weighted by molar-refractivity contribution is 0.158. The maximum atomic E-state index is 6.11. The van der Waals surface area contributed by atoms with E-state index in [4.69, 9.17) is 4.74 Å². The lowest BCUT2D eigenvalue weighted by Gasteiger charge is -2.23. The molecule has 1 aromatic carbocycles. The SMILES string of the molecule is CSc1ccc(-n2ncc3c(OC4CCNCC4)ncnc32)cc1. The second kappa shape index (κ2) is 6.78. The van der Waals surface area contributed by atoms with Gasteiger partial charge in [0, 0.05) is 4.90 Å². The van der Waals surface area contributed by atoms with E-state index < -0.39 is 0 Å². The van der Waals surface area contributed by atoms with Crippen LogP contribution in [-0.4, -0.2) is 45.2 Å². The molecule has 2 aromatic heterocycles. The molecule has 3 aromatic rings. The van der Waals surface area contributed by atoms with E-state index >= 15 is 0 Å². The van der Waals surface area contributed by atoms with Crippen LogP contribution in [0.2, 0.25) is 0 Å². The van der Waals surface area contributed by atoms with Gasteiger partial charge in [0.05, 0.1) is 11.9 Å². The maximum Gasteiger partial charge on any atom is 0.228 e. The summed E-state index contributed by atoms with van der Waals surface area (Å²) in [7, 11) is 0. The molecule has 24 heavy (non-hydrogen) atoms. The van der Waals surface area contributed by atoms with Crippen LogP contribution in [0.4, 0.5) is 0 Å². The molecule has 0 bridgehead atoms. The van der Waals surface area contributed by atoms with Gasteiger partial charge in [0.15, 0.2) is 5.65 Å². The Labute approximate surface area is 144 Å². The number of benzene rings is 1. The van der Waals surface area contributed by atoms with Gasteiger partial charge in [0.1, 0.15) is 17.8 Å². The molecule has 4 rings (SSSR count). The molecule has 7 heteroatoms. The third kappa shape index (κ3) is 2.97. The van der Waals surface area contributed by atoms with Crippen LogP contribution in [-0.2, 0) is 0 Å². The van der Waals surface area contributed by atoms with E-state index in [0.29, 0.717) is 5.88 Å². The number of aromatic nitrogens is 4. The second-order valence-electron chi connectivity index (χ2n) is 5.74. The Kier molecular flexibility index (Phi) is 4.36. The quantitative estimate of drug-likeness (QED) is 0.736. The number of hydrogen-bond acceptors (Lipinski definition) is 6. The van der Waals surface area contributed by atoms with Crippen LogP contribution >= 0.6 is 11.8 Å². The number of piperidine rings is 1. The molecule has 1 fully saturated rings. The Bertz CT molecular complexity index is 827. The zero-order chi connectivity index (χ0) is 16.4. The Balaban J connectivity index is 1.67. The maximum absolute atomic E-state index is 6.11. The molecule has 0 amide bonds. The Morgan fingerprint density at radius 2 is 1.96 bits per heavy atom. The number of nitrogens with one attached hydrogen (secondary N) is 1. The molecule has 0 spiro atoms. The minimum absolute atomic E-state index is 0.202. The largest absolute Gasteiger partial charge is 0.474 e. The van der Waals surface area contributed by atoms with Crippen molar-refractivity contribution in [3.8, 4) is 11.6 Å². The first-order valence-electron chi connectivity index (χ1n) is 8.05. The van der Waals surface area contributed by atoms with Crippen LogP contribution < -0.4 is 10.1 Å². The molecule has 1 aliphatic rings. The summed E-state index contributed by atoms with van der Waals surface area (Å²) >= 11 is 1.72. The lowest BCUT2D eigenvalue weighted by atomic mass is 10.1. The fourth-order valence-electron chi connectivity index (χ4n) is 2.90. The highest BCUT2D eigenvalue weighted by molar-refractivity contribution is 7.98. The van der Waals surface area contributed by atoms with Gasteiger partial charge in [-0.1, -0.05) is 0 Å². The fourth-order valence-corrected chi connectivity index (χ4v) is 3.31. The van der Waals surface area contributed by atoms with Crippen LogP contribution in [0.1, 0.15) is 12.8 Å². The van der Waals surface area contributed by atoms with Crippen LogP contribution in [0.5, 0.6) is 5.88 Å². The highest BCUT2D eigenvalue weighted by Crippen LogP contribution is 2.26. The average Bonchev–Trinajstić information content (AvgIpc) is 3.08. The first-order valence-corrected chi connectivity index (χ1v) is 9.28. The van der Waals surface area contributed by atoms with E-state index in [2.05, 4.69) is 38.8 Å². The summed E-state index contributed by atoms with van der Waals surface area (Å²) < 4.78 is 7.94. The van der Waals surface area contributed by atoms with Gasteiger partial charge < -0.3 is 10.1 Å². The minimum atomic E-state index is 0.202. The lowest BCUT2D eigenvalue weighted by Crippen LogP contribution is -2.34. The van der Waals surface area contributed by atoms with Gasteiger partial charge in [-0.2, -0.15) is 5.10 Å². The summed E-state index contributed by atoms with van der Waals surface area (Å²) in [5, 5.41) is 8.68. The van der Waals surface area contributed by atoms with E-state index in [1.165, 1.54) is 4.90 Å². The standard InChI is InChI=1S/C17H19N5OS/c1-24-14-4-2-12(3-5-14)22-16-15(10-21-22)17(20-11-19-16)23-13-6-8-18-9-7-13/h2-5,10-11,13,18H,6-9H2,1H3. The molecule has 1 saturated heterocycles. The van der Waals surface area contributed by atoms with E-state index in [1.54, 1.807) is 24.3 Å². The topological polar surface area (TPSA) is 64.9 Å². The van der Waals surface area contributed by atoms with Crippen LogP contribution in [0, 0.1) is 0 Å². The van der Waals surface area contributed by atoms with Gasteiger partial charge in [-0.25, -0.2) is 14.6 Å². The van der Waals surface area contributed by atoms with E-state index in [-0.39, 0.29) is 6.10 Å². The molecule has 6 nitrogen and oxygen atoms in total. The molecule has 1 aliphatic heterocycles. The monoisotopic (exact) mass is 341 g/mol. The number of hydrogen-bond donors (Lipinski definition) is 1. The Morgan fingerprint density at radius 3 is 2.71 bits per heavy atom. The molecular formula is C17H19N5OS. The highest BCUT2D eigenvalue weighted by atomic mass is 32.2. The van der Waals surface area contributed by atoms with Gasteiger partial charge in [-0.3, -0.25) is 0 Å². The van der Waals surface area contributed by atoms with Gasteiger partial charge >= 0.3 is 0 Å². The zero-order valence-electron chi connectivity index (χ0n) is 13.5. The van der Waals surface area contributed by atoms with E-state index in [0.717, 1.165) is 42.7 Å². The van der Waals surface area contributed by atoms with E-state index in [9.17, 15) is 0 Å². The minimum Gasteiger partial charge on any atom is -0.474 e. The average molecular weight is 341 g/mol. The van der Waals surface area contributed by atoms with Crippen molar-refractivity contribution in [1.82, 2.24) is 25.1 Å². The van der Waals surface area contributed by atoms with E-state index in [1.807, 2.05) is 16.8 Å². The summed E-state index contributed by atoms with van der Waals surface area (Å²) in [6, 6.07) is 8.27. The van der Waals surface area contributed by atoms with Crippen molar-refractivity contribution in [2.75, 3.05) is 19.3 Å². The summed E-state index contributed by atoms with van der Waals surface area (Å²) in [6.45, 7) is 1.97. The predicted octanol–water partition coefficient (Wildman–Crippen LogP) is 2.67. The van der Waals surface area contributed by atoms with Crippen LogP contribution in [0.25, 0.3) is 16.7 Å². The molecule has 0 radical (unpaired) electrons. The summed E-state index contributed by atoms with van der Waals surface area (Å²) in [6.07, 6.45) is 7.59. The van der Waals surface area contributed by atoms with Crippen molar-refractivity contribution in [1.29, 1.82) is 0 Å². The third-order valence-corrected chi connectivity index (χ3v) is 4.95. The highest BCUT2D eigenvalue weighted by Gasteiger charge is 2.18. The van der Waals surface area contributed by atoms with Crippen LogP contribution in [0.3, 0.4) is 0 Å². The molecule has 0 unspecified atom stereocenters. The smallest absolute Gasteiger partial charge is 0.228 e. The number of ether oxygens (including phenoxy) is 1. The van der Waals surface area contributed by atoms with Crippen LogP contribution in [0.15, 0.2) is 41.7 Å². The number of nitrogens with zero attached hydrogens (tertiary/aromatic N) is 4. The molecule has 0 aliphatic carbocycles. The Morgan fingerprint density at radius 1 is 1.17 bits per heavy atom. The molecule has 3 heterocycles. The van der Waals surface area contributed by atoms with Crippen molar-refractivity contribution < 1.29 is 4.74 Å². The van der Waals surface area contributed by atoms with Crippen molar-refractivity contribution in [2.45, 2.75) is 23.8 Å². The molecule has 1 N–H and O–H groups in total. The van der Waals surface area contributed by atoms with Crippen molar-refractivity contribution in [3.05, 3.63) is 36.8 Å². The molecule has 0 saturated carbocycles. The van der Waals surface area contributed by atoms with Crippen molar-refractivity contribution >= 4 is 22.8 Å². The van der Waals surface area contributed by atoms with Gasteiger partial charge in [-0.05, 0) is 56.5 Å². The molecular weight excluding hydrogens is 322 g/mol. The summed E-state index contributed by atoms with van der Waals surface area (Å²) in [4.78, 5) is 9.95. The first kappa shape index (κ1) is 15.4. The normalized spacial score (nSPS) is 15.7. The number of thioether (sulfide) groups is 1.